The first kappa shape index (κ1) is 25.1. The number of hydrogen-bond donors (Lipinski definition) is 3. The van der Waals surface area contributed by atoms with E-state index in [4.69, 9.17) is 14.5 Å². The van der Waals surface area contributed by atoms with Crippen LogP contribution in [0.15, 0.2) is 29.3 Å². The van der Waals surface area contributed by atoms with Gasteiger partial charge in [0.2, 0.25) is 0 Å². The van der Waals surface area contributed by atoms with Gasteiger partial charge >= 0.3 is 0 Å². The van der Waals surface area contributed by atoms with E-state index < -0.39 is 0 Å². The van der Waals surface area contributed by atoms with Gasteiger partial charge in [0.1, 0.15) is 0 Å². The molecule has 1 unspecified atom stereocenters. The number of hydrogen-bond acceptors (Lipinski definition) is 4. The molecule has 1 saturated heterocycles. The van der Waals surface area contributed by atoms with Gasteiger partial charge in [0.25, 0.3) is 0 Å². The van der Waals surface area contributed by atoms with Crippen LogP contribution in [0.5, 0.6) is 0 Å². The molecule has 0 aromatic heterocycles. The molecule has 0 amide bonds. The largest absolute Gasteiger partial charge is 0.396 e. The molecule has 0 spiro atoms. The molecule has 2 rings (SSSR count). The van der Waals surface area contributed by atoms with E-state index in [0.29, 0.717) is 19.8 Å². The molecule has 1 aromatic rings. The second-order valence-electron chi connectivity index (χ2n) is 7.50. The minimum Gasteiger partial charge on any atom is -0.396 e. The Morgan fingerprint density at radius 2 is 1.96 bits per heavy atom. The second kappa shape index (κ2) is 13.3. The lowest BCUT2D eigenvalue weighted by molar-refractivity contribution is 0.0657. The van der Waals surface area contributed by atoms with Gasteiger partial charge in [-0.1, -0.05) is 24.3 Å². The third kappa shape index (κ3) is 8.63. The van der Waals surface area contributed by atoms with Gasteiger partial charge < -0.3 is 25.2 Å². The molecular weight excluding hydrogens is 469 g/mol. The zero-order valence-electron chi connectivity index (χ0n) is 17.4. The van der Waals surface area contributed by atoms with E-state index in [2.05, 4.69) is 41.8 Å². The third-order valence-electron chi connectivity index (χ3n) is 4.83. The molecule has 1 fully saturated rings. The van der Waals surface area contributed by atoms with Gasteiger partial charge in [0.15, 0.2) is 5.96 Å². The van der Waals surface area contributed by atoms with Crippen LogP contribution in [0.4, 0.5) is 0 Å². The molecule has 160 valence electrons. The molecule has 0 bridgehead atoms. The standard InChI is InChI=1S/C21H35N3O3.HI/c1-4-22-20(24-15-21(9-11-25)10-12-26-16-21)23-13-18-5-7-19(8-6-18)14-27-17(2)3;/h5-8,17,25H,4,9-16H2,1-3H3,(H2,22,23,24);1H. The van der Waals surface area contributed by atoms with Crippen molar-refractivity contribution in [3.63, 3.8) is 0 Å². The summed E-state index contributed by atoms with van der Waals surface area (Å²) in [5, 5.41) is 16.1. The van der Waals surface area contributed by atoms with Crippen molar-refractivity contribution in [2.45, 2.75) is 52.9 Å². The van der Waals surface area contributed by atoms with Crippen LogP contribution in [0.1, 0.15) is 44.7 Å². The van der Waals surface area contributed by atoms with E-state index in [1.807, 2.05) is 13.8 Å². The van der Waals surface area contributed by atoms with Gasteiger partial charge in [-0.2, -0.15) is 0 Å². The van der Waals surface area contributed by atoms with Crippen molar-refractivity contribution >= 4 is 29.9 Å². The summed E-state index contributed by atoms with van der Waals surface area (Å²) >= 11 is 0. The van der Waals surface area contributed by atoms with Gasteiger partial charge in [0, 0.05) is 31.7 Å². The molecule has 1 heterocycles. The first-order chi connectivity index (χ1) is 13.1. The molecule has 3 N–H and O–H groups in total. The van der Waals surface area contributed by atoms with E-state index in [0.717, 1.165) is 44.1 Å². The fourth-order valence-electron chi connectivity index (χ4n) is 3.10. The number of aliphatic hydroxyl groups excluding tert-OH is 1. The number of nitrogens with zero attached hydrogens (tertiary/aromatic N) is 1. The minimum atomic E-state index is 0. The summed E-state index contributed by atoms with van der Waals surface area (Å²) in [6, 6.07) is 8.40. The lowest BCUT2D eigenvalue weighted by atomic mass is 9.84. The highest BCUT2D eigenvalue weighted by molar-refractivity contribution is 14.0. The maximum Gasteiger partial charge on any atom is 0.191 e. The average molecular weight is 505 g/mol. The van der Waals surface area contributed by atoms with Crippen LogP contribution in [0, 0.1) is 5.41 Å². The maximum absolute atomic E-state index is 9.37. The summed E-state index contributed by atoms with van der Waals surface area (Å²) in [7, 11) is 0. The number of guanidine groups is 1. The van der Waals surface area contributed by atoms with Crippen LogP contribution in [0.3, 0.4) is 0 Å². The SMILES string of the molecule is CCNC(=NCc1ccc(COC(C)C)cc1)NCC1(CCO)CCOC1.I. The van der Waals surface area contributed by atoms with Crippen molar-refractivity contribution in [1.29, 1.82) is 0 Å². The highest BCUT2D eigenvalue weighted by atomic mass is 127. The van der Waals surface area contributed by atoms with Crippen molar-refractivity contribution < 1.29 is 14.6 Å². The molecule has 1 aliphatic heterocycles. The molecule has 1 aromatic carbocycles. The second-order valence-corrected chi connectivity index (χ2v) is 7.50. The molecular formula is C21H36IN3O3. The van der Waals surface area contributed by atoms with Crippen LogP contribution < -0.4 is 10.6 Å². The molecule has 1 aliphatic rings. The molecule has 0 saturated carbocycles. The van der Waals surface area contributed by atoms with Gasteiger partial charge in [-0.15, -0.1) is 24.0 Å². The summed E-state index contributed by atoms with van der Waals surface area (Å²) in [5.74, 6) is 0.800. The first-order valence-corrected chi connectivity index (χ1v) is 9.97. The molecule has 1 atom stereocenters. The van der Waals surface area contributed by atoms with Crippen molar-refractivity contribution in [3.8, 4) is 0 Å². The molecule has 0 aliphatic carbocycles. The highest BCUT2D eigenvalue weighted by Gasteiger charge is 2.34. The Labute approximate surface area is 186 Å². The molecule has 28 heavy (non-hydrogen) atoms. The van der Waals surface area contributed by atoms with E-state index in [9.17, 15) is 5.11 Å². The van der Waals surface area contributed by atoms with E-state index in [-0.39, 0.29) is 42.1 Å². The maximum atomic E-state index is 9.37. The Kier molecular flexibility index (Phi) is 12.0. The highest BCUT2D eigenvalue weighted by Crippen LogP contribution is 2.31. The van der Waals surface area contributed by atoms with Crippen LogP contribution in [0.2, 0.25) is 0 Å². The lowest BCUT2D eigenvalue weighted by Crippen LogP contribution is -2.44. The number of ether oxygens (including phenoxy) is 2. The van der Waals surface area contributed by atoms with Crippen LogP contribution >= 0.6 is 24.0 Å². The Morgan fingerprint density at radius 1 is 1.25 bits per heavy atom. The lowest BCUT2D eigenvalue weighted by Gasteiger charge is -2.27. The quantitative estimate of drug-likeness (QED) is 0.259. The Bertz CT molecular complexity index is 573. The fourth-order valence-corrected chi connectivity index (χ4v) is 3.10. The monoisotopic (exact) mass is 505 g/mol. The van der Waals surface area contributed by atoms with E-state index in [1.165, 1.54) is 5.56 Å². The zero-order chi connectivity index (χ0) is 19.5. The summed E-state index contributed by atoms with van der Waals surface area (Å²) in [4.78, 5) is 4.70. The van der Waals surface area contributed by atoms with Crippen molar-refractivity contribution in [3.05, 3.63) is 35.4 Å². The molecule has 0 radical (unpaired) electrons. The normalized spacial score (nSPS) is 19.5. The number of aliphatic hydroxyl groups is 1. The molecule has 6 nitrogen and oxygen atoms in total. The summed E-state index contributed by atoms with van der Waals surface area (Å²) in [6.45, 7) is 10.6. The number of aliphatic imine (C=N–C) groups is 1. The van der Waals surface area contributed by atoms with Gasteiger partial charge in [0.05, 0.1) is 25.9 Å². The predicted octanol–water partition coefficient (Wildman–Crippen LogP) is 3.07. The van der Waals surface area contributed by atoms with Crippen molar-refractivity contribution in [2.24, 2.45) is 10.4 Å². The van der Waals surface area contributed by atoms with Crippen LogP contribution in [0.25, 0.3) is 0 Å². The number of nitrogens with one attached hydrogen (secondary N) is 2. The molecule has 7 heteroatoms. The third-order valence-corrected chi connectivity index (χ3v) is 4.83. The minimum absolute atomic E-state index is 0. The van der Waals surface area contributed by atoms with Crippen LogP contribution in [-0.4, -0.2) is 50.1 Å². The van der Waals surface area contributed by atoms with Gasteiger partial charge in [-0.05, 0) is 44.7 Å². The smallest absolute Gasteiger partial charge is 0.191 e. The summed E-state index contributed by atoms with van der Waals surface area (Å²) < 4.78 is 11.2. The number of rotatable bonds is 10. The van der Waals surface area contributed by atoms with Gasteiger partial charge in [-0.25, -0.2) is 4.99 Å². The van der Waals surface area contributed by atoms with E-state index >= 15 is 0 Å². The van der Waals surface area contributed by atoms with Crippen molar-refractivity contribution in [2.75, 3.05) is 32.9 Å². The number of halogens is 1. The van der Waals surface area contributed by atoms with Crippen LogP contribution in [-0.2, 0) is 22.6 Å². The number of benzene rings is 1. The van der Waals surface area contributed by atoms with Crippen molar-refractivity contribution in [1.82, 2.24) is 10.6 Å². The average Bonchev–Trinajstić information content (AvgIpc) is 3.12. The Morgan fingerprint density at radius 3 is 2.54 bits per heavy atom. The Hall–Kier alpha value is -0.900. The summed E-state index contributed by atoms with van der Waals surface area (Å²) in [5.41, 5.74) is 2.34. The zero-order valence-corrected chi connectivity index (χ0v) is 19.7. The van der Waals surface area contributed by atoms with E-state index in [1.54, 1.807) is 0 Å². The predicted molar refractivity (Wildman–Crippen MR) is 124 cm³/mol. The topological polar surface area (TPSA) is 75.1 Å². The fraction of sp³-hybridized carbons (Fsp3) is 0.667. The summed E-state index contributed by atoms with van der Waals surface area (Å²) in [6.07, 6.45) is 1.96. The van der Waals surface area contributed by atoms with Gasteiger partial charge in [-0.3, -0.25) is 0 Å². The first-order valence-electron chi connectivity index (χ1n) is 9.97. The Balaban J connectivity index is 0.00000392.